The molecule has 152 valence electrons. The highest BCUT2D eigenvalue weighted by molar-refractivity contribution is 14.0. The average molecular weight is 499 g/mol. The quantitative estimate of drug-likeness (QED) is 0.365. The standard InChI is InChI=1S/C18H33N3O3S.HI/c1-3-15(2)20-17(19-12-16-4-11-25(22,23)13-16)21-8-5-18(14-21)6-9-24-10-7-18;/h15-16H,3-14H2,1-2H3,(H,19,20);1H. The zero-order valence-electron chi connectivity index (χ0n) is 16.1. The summed E-state index contributed by atoms with van der Waals surface area (Å²) in [5, 5.41) is 3.57. The lowest BCUT2D eigenvalue weighted by molar-refractivity contribution is 0.0217. The summed E-state index contributed by atoms with van der Waals surface area (Å²) in [7, 11) is -2.83. The van der Waals surface area contributed by atoms with E-state index in [-0.39, 0.29) is 29.9 Å². The number of guanidine groups is 1. The summed E-state index contributed by atoms with van der Waals surface area (Å²) in [6.45, 7) is 8.79. The molecule has 3 saturated heterocycles. The molecule has 3 fully saturated rings. The minimum absolute atomic E-state index is 0. The number of nitrogens with one attached hydrogen (secondary N) is 1. The highest BCUT2D eigenvalue weighted by Crippen LogP contribution is 2.39. The van der Waals surface area contributed by atoms with Crippen LogP contribution in [0.25, 0.3) is 0 Å². The van der Waals surface area contributed by atoms with E-state index in [1.807, 2.05) is 0 Å². The lowest BCUT2D eigenvalue weighted by atomic mass is 9.80. The highest BCUT2D eigenvalue weighted by atomic mass is 127. The number of halogens is 1. The maximum atomic E-state index is 11.7. The van der Waals surface area contributed by atoms with Crippen molar-refractivity contribution in [3.05, 3.63) is 0 Å². The molecule has 2 atom stereocenters. The number of hydrogen-bond donors (Lipinski definition) is 1. The molecule has 0 bridgehead atoms. The molecule has 1 spiro atoms. The summed E-state index contributed by atoms with van der Waals surface area (Å²) in [5.41, 5.74) is 0.382. The van der Waals surface area contributed by atoms with E-state index in [1.165, 1.54) is 6.42 Å². The number of aliphatic imine (C=N–C) groups is 1. The lowest BCUT2D eigenvalue weighted by Gasteiger charge is -2.34. The number of hydrogen-bond acceptors (Lipinski definition) is 4. The molecular weight excluding hydrogens is 465 g/mol. The predicted octanol–water partition coefficient (Wildman–Crippen LogP) is 2.29. The third-order valence-electron chi connectivity index (χ3n) is 6.11. The van der Waals surface area contributed by atoms with Crippen molar-refractivity contribution in [2.24, 2.45) is 16.3 Å². The lowest BCUT2D eigenvalue weighted by Crippen LogP contribution is -2.45. The van der Waals surface area contributed by atoms with Gasteiger partial charge in [-0.2, -0.15) is 0 Å². The van der Waals surface area contributed by atoms with Gasteiger partial charge in [-0.05, 0) is 50.4 Å². The second kappa shape index (κ2) is 9.41. The second-order valence-corrected chi connectivity index (χ2v) is 10.4. The molecule has 0 radical (unpaired) electrons. The van der Waals surface area contributed by atoms with Crippen LogP contribution in [0.4, 0.5) is 0 Å². The van der Waals surface area contributed by atoms with E-state index in [2.05, 4.69) is 24.1 Å². The first-order chi connectivity index (χ1) is 11.9. The van der Waals surface area contributed by atoms with Gasteiger partial charge in [-0.1, -0.05) is 6.92 Å². The van der Waals surface area contributed by atoms with Crippen molar-refractivity contribution in [1.29, 1.82) is 0 Å². The molecule has 0 saturated carbocycles. The minimum Gasteiger partial charge on any atom is -0.381 e. The van der Waals surface area contributed by atoms with Gasteiger partial charge < -0.3 is 15.0 Å². The topological polar surface area (TPSA) is 71.0 Å². The van der Waals surface area contributed by atoms with Crippen molar-refractivity contribution in [2.75, 3.05) is 44.4 Å². The summed E-state index contributed by atoms with van der Waals surface area (Å²) in [6, 6.07) is 0.372. The van der Waals surface area contributed by atoms with Gasteiger partial charge in [-0.3, -0.25) is 4.99 Å². The molecule has 3 aliphatic rings. The number of likely N-dealkylation sites (tertiary alicyclic amines) is 1. The van der Waals surface area contributed by atoms with Crippen molar-refractivity contribution in [1.82, 2.24) is 10.2 Å². The Hall–Kier alpha value is -0.0900. The Labute approximate surface area is 175 Å². The maximum Gasteiger partial charge on any atom is 0.194 e. The molecule has 2 unspecified atom stereocenters. The van der Waals surface area contributed by atoms with Crippen LogP contribution in [-0.4, -0.2) is 69.7 Å². The predicted molar refractivity (Wildman–Crippen MR) is 116 cm³/mol. The summed E-state index contributed by atoms with van der Waals surface area (Å²) in [6.07, 6.45) is 5.28. The molecule has 0 aliphatic carbocycles. The normalized spacial score (nSPS) is 28.8. The fourth-order valence-corrected chi connectivity index (χ4v) is 5.97. The first kappa shape index (κ1) is 22.2. The Kier molecular flexibility index (Phi) is 8.03. The molecule has 3 heterocycles. The molecule has 26 heavy (non-hydrogen) atoms. The van der Waals surface area contributed by atoms with Crippen molar-refractivity contribution in [3.8, 4) is 0 Å². The fraction of sp³-hybridized carbons (Fsp3) is 0.944. The Morgan fingerprint density at radius 2 is 2.08 bits per heavy atom. The molecule has 3 rings (SSSR count). The molecule has 0 aromatic carbocycles. The van der Waals surface area contributed by atoms with Crippen LogP contribution >= 0.6 is 24.0 Å². The summed E-state index contributed by atoms with van der Waals surface area (Å²) in [5.74, 6) is 1.78. The SMILES string of the molecule is CCC(C)NC(=NCC1CCS(=O)(=O)C1)N1CCC2(CCOCC2)C1.I. The Bertz CT molecular complexity index is 590. The highest BCUT2D eigenvalue weighted by Gasteiger charge is 2.40. The largest absolute Gasteiger partial charge is 0.381 e. The van der Waals surface area contributed by atoms with Crippen LogP contribution in [0.1, 0.15) is 46.0 Å². The zero-order valence-corrected chi connectivity index (χ0v) is 19.2. The van der Waals surface area contributed by atoms with Gasteiger partial charge in [0, 0.05) is 38.9 Å². The molecule has 8 heteroatoms. The van der Waals surface area contributed by atoms with Gasteiger partial charge in [-0.25, -0.2) is 8.42 Å². The van der Waals surface area contributed by atoms with Crippen LogP contribution in [0.15, 0.2) is 4.99 Å². The third kappa shape index (κ3) is 5.70. The van der Waals surface area contributed by atoms with E-state index in [0.29, 0.717) is 29.5 Å². The van der Waals surface area contributed by atoms with Crippen LogP contribution in [0.2, 0.25) is 0 Å². The van der Waals surface area contributed by atoms with Crippen LogP contribution in [-0.2, 0) is 14.6 Å². The van der Waals surface area contributed by atoms with Gasteiger partial charge in [-0.15, -0.1) is 24.0 Å². The molecular formula is C18H34IN3O3S. The van der Waals surface area contributed by atoms with E-state index < -0.39 is 9.84 Å². The van der Waals surface area contributed by atoms with Crippen LogP contribution in [0.5, 0.6) is 0 Å². The van der Waals surface area contributed by atoms with Crippen molar-refractivity contribution >= 4 is 39.8 Å². The maximum absolute atomic E-state index is 11.7. The summed E-state index contributed by atoms with van der Waals surface area (Å²) < 4.78 is 28.9. The fourth-order valence-electron chi connectivity index (χ4n) is 4.12. The monoisotopic (exact) mass is 499 g/mol. The average Bonchev–Trinajstić information content (AvgIpc) is 3.15. The Morgan fingerprint density at radius 3 is 2.69 bits per heavy atom. The van der Waals surface area contributed by atoms with Crippen molar-refractivity contribution in [2.45, 2.75) is 52.0 Å². The van der Waals surface area contributed by atoms with Gasteiger partial charge in [0.25, 0.3) is 0 Å². The smallest absolute Gasteiger partial charge is 0.194 e. The first-order valence-corrected chi connectivity index (χ1v) is 11.6. The van der Waals surface area contributed by atoms with Crippen molar-refractivity contribution in [3.63, 3.8) is 0 Å². The number of ether oxygens (including phenoxy) is 1. The zero-order chi connectivity index (χ0) is 17.9. The number of nitrogens with zero attached hydrogens (tertiary/aromatic N) is 2. The molecule has 6 nitrogen and oxygen atoms in total. The molecule has 3 aliphatic heterocycles. The molecule has 0 aromatic heterocycles. The van der Waals surface area contributed by atoms with Crippen LogP contribution in [0, 0.1) is 11.3 Å². The van der Waals surface area contributed by atoms with E-state index in [1.54, 1.807) is 0 Å². The van der Waals surface area contributed by atoms with Gasteiger partial charge in [0.05, 0.1) is 11.5 Å². The van der Waals surface area contributed by atoms with Gasteiger partial charge in [0.1, 0.15) is 0 Å². The second-order valence-electron chi connectivity index (χ2n) is 8.17. The van der Waals surface area contributed by atoms with E-state index >= 15 is 0 Å². The van der Waals surface area contributed by atoms with Gasteiger partial charge in [0.15, 0.2) is 15.8 Å². The van der Waals surface area contributed by atoms with Crippen molar-refractivity contribution < 1.29 is 13.2 Å². The molecule has 0 aromatic rings. The summed E-state index contributed by atoms with van der Waals surface area (Å²) in [4.78, 5) is 7.24. The Balaban J connectivity index is 0.00000243. The van der Waals surface area contributed by atoms with E-state index in [0.717, 1.165) is 57.9 Å². The van der Waals surface area contributed by atoms with Gasteiger partial charge >= 0.3 is 0 Å². The van der Waals surface area contributed by atoms with Crippen LogP contribution < -0.4 is 5.32 Å². The number of sulfone groups is 1. The summed E-state index contributed by atoms with van der Waals surface area (Å²) >= 11 is 0. The number of rotatable bonds is 4. The minimum atomic E-state index is -2.83. The van der Waals surface area contributed by atoms with E-state index in [4.69, 9.17) is 9.73 Å². The Morgan fingerprint density at radius 1 is 1.35 bits per heavy atom. The molecule has 1 N–H and O–H groups in total. The molecule has 0 amide bonds. The van der Waals surface area contributed by atoms with E-state index in [9.17, 15) is 8.42 Å². The van der Waals surface area contributed by atoms with Gasteiger partial charge in [0.2, 0.25) is 0 Å². The third-order valence-corrected chi connectivity index (χ3v) is 7.94. The first-order valence-electron chi connectivity index (χ1n) is 9.75. The van der Waals surface area contributed by atoms with Crippen LogP contribution in [0.3, 0.4) is 0 Å².